The highest BCUT2D eigenvalue weighted by Crippen LogP contribution is 2.36. The number of hydrogen-bond acceptors (Lipinski definition) is 2. The van der Waals surface area contributed by atoms with Crippen molar-refractivity contribution in [2.24, 2.45) is 0 Å². The molecule has 1 aromatic heterocycles. The molecule has 1 aromatic carbocycles. The molecule has 0 bridgehead atoms. The minimum atomic E-state index is -1.06. The predicted molar refractivity (Wildman–Crippen MR) is 78.4 cm³/mol. The molecule has 2 nitrogen and oxygen atoms in total. The van der Waals surface area contributed by atoms with Crippen molar-refractivity contribution in [3.05, 3.63) is 57.3 Å². The van der Waals surface area contributed by atoms with Crippen LogP contribution in [0.25, 0.3) is 0 Å². The van der Waals surface area contributed by atoms with Crippen LogP contribution in [0, 0.1) is 11.6 Å². The molecule has 2 heterocycles. The first-order chi connectivity index (χ1) is 10.1. The van der Waals surface area contributed by atoms with Gasteiger partial charge in [0.2, 0.25) is 0 Å². The molecule has 0 fully saturated rings. The Bertz CT molecular complexity index is 683. The van der Waals surface area contributed by atoms with Gasteiger partial charge < -0.3 is 4.90 Å². The van der Waals surface area contributed by atoms with E-state index < -0.39 is 17.5 Å². The van der Waals surface area contributed by atoms with Crippen molar-refractivity contribution in [1.29, 1.82) is 0 Å². The second kappa shape index (κ2) is 5.56. The summed E-state index contributed by atoms with van der Waals surface area (Å²) in [7, 11) is 0. The van der Waals surface area contributed by atoms with Gasteiger partial charge in [-0.05, 0) is 42.0 Å². The lowest BCUT2D eigenvalue weighted by molar-refractivity contribution is 0.0651. The average molecular weight is 307 g/mol. The van der Waals surface area contributed by atoms with E-state index in [2.05, 4.69) is 0 Å². The molecular weight excluding hydrogens is 292 g/mol. The molecule has 1 aliphatic heterocycles. The van der Waals surface area contributed by atoms with Gasteiger partial charge in [-0.2, -0.15) is 0 Å². The van der Waals surface area contributed by atoms with E-state index in [-0.39, 0.29) is 11.6 Å². The molecular formula is C16H15F2NOS. The molecule has 1 atom stereocenters. The van der Waals surface area contributed by atoms with E-state index in [1.54, 1.807) is 16.2 Å². The summed E-state index contributed by atoms with van der Waals surface area (Å²) in [5.74, 6) is -2.48. The number of hydrogen-bond donors (Lipinski definition) is 0. The van der Waals surface area contributed by atoms with E-state index in [4.69, 9.17) is 0 Å². The highest BCUT2D eigenvalue weighted by molar-refractivity contribution is 7.10. The minimum Gasteiger partial charge on any atom is -0.331 e. The van der Waals surface area contributed by atoms with Crippen molar-refractivity contribution in [3.8, 4) is 0 Å². The van der Waals surface area contributed by atoms with Crippen LogP contribution in [0.5, 0.6) is 0 Å². The standard InChI is InChI=1S/C16H15F2NOS/c1-2-13-10-7-9-21-14(10)6-8-19(13)16(20)11-4-3-5-12(17)15(11)18/h3-5,7,9,13H,2,6,8H2,1H3. The van der Waals surface area contributed by atoms with Crippen molar-refractivity contribution in [1.82, 2.24) is 4.90 Å². The summed E-state index contributed by atoms with van der Waals surface area (Å²) >= 11 is 1.69. The summed E-state index contributed by atoms with van der Waals surface area (Å²) in [6.45, 7) is 2.54. The van der Waals surface area contributed by atoms with E-state index in [1.807, 2.05) is 18.4 Å². The summed E-state index contributed by atoms with van der Waals surface area (Å²) in [6, 6.07) is 5.70. The fourth-order valence-electron chi connectivity index (χ4n) is 2.90. The summed E-state index contributed by atoms with van der Waals surface area (Å²) in [6.07, 6.45) is 1.53. The second-order valence-electron chi connectivity index (χ2n) is 5.07. The van der Waals surface area contributed by atoms with Crippen LogP contribution in [0.1, 0.15) is 40.2 Å². The maximum absolute atomic E-state index is 13.9. The first-order valence-electron chi connectivity index (χ1n) is 6.94. The van der Waals surface area contributed by atoms with Crippen LogP contribution in [0.4, 0.5) is 8.78 Å². The Labute approximate surface area is 126 Å². The third-order valence-electron chi connectivity index (χ3n) is 3.92. The van der Waals surface area contributed by atoms with Crippen LogP contribution in [0.2, 0.25) is 0 Å². The molecule has 0 spiro atoms. The number of carbonyl (C=O) groups excluding carboxylic acids is 1. The highest BCUT2D eigenvalue weighted by atomic mass is 32.1. The number of rotatable bonds is 2. The van der Waals surface area contributed by atoms with Crippen LogP contribution in [-0.2, 0) is 6.42 Å². The predicted octanol–water partition coefficient (Wildman–Crippen LogP) is 4.18. The van der Waals surface area contributed by atoms with Gasteiger partial charge in [0.25, 0.3) is 5.91 Å². The first kappa shape index (κ1) is 14.2. The van der Waals surface area contributed by atoms with Gasteiger partial charge in [-0.15, -0.1) is 11.3 Å². The molecule has 21 heavy (non-hydrogen) atoms. The maximum Gasteiger partial charge on any atom is 0.257 e. The second-order valence-corrected chi connectivity index (χ2v) is 6.07. The number of thiophene rings is 1. The molecule has 0 radical (unpaired) electrons. The van der Waals surface area contributed by atoms with Crippen LogP contribution >= 0.6 is 11.3 Å². The molecule has 3 rings (SSSR count). The van der Waals surface area contributed by atoms with Crippen LogP contribution in [0.3, 0.4) is 0 Å². The fraction of sp³-hybridized carbons (Fsp3) is 0.312. The summed E-state index contributed by atoms with van der Waals surface area (Å²) in [4.78, 5) is 15.5. The van der Waals surface area contributed by atoms with E-state index in [1.165, 1.54) is 17.0 Å². The van der Waals surface area contributed by atoms with Gasteiger partial charge in [-0.3, -0.25) is 4.79 Å². The Morgan fingerprint density at radius 2 is 2.19 bits per heavy atom. The smallest absolute Gasteiger partial charge is 0.257 e. The van der Waals surface area contributed by atoms with E-state index in [0.717, 1.165) is 24.5 Å². The Balaban J connectivity index is 1.97. The molecule has 2 aromatic rings. The number of carbonyl (C=O) groups is 1. The zero-order valence-electron chi connectivity index (χ0n) is 11.6. The molecule has 0 saturated carbocycles. The highest BCUT2D eigenvalue weighted by Gasteiger charge is 2.32. The van der Waals surface area contributed by atoms with Gasteiger partial charge >= 0.3 is 0 Å². The first-order valence-corrected chi connectivity index (χ1v) is 7.82. The lowest BCUT2D eigenvalue weighted by atomic mass is 9.96. The molecule has 0 aliphatic carbocycles. The Kier molecular flexibility index (Phi) is 3.76. The molecule has 1 amide bonds. The fourth-order valence-corrected chi connectivity index (χ4v) is 3.83. The lowest BCUT2D eigenvalue weighted by Crippen LogP contribution is -2.39. The van der Waals surface area contributed by atoms with Crippen LogP contribution < -0.4 is 0 Å². The zero-order valence-corrected chi connectivity index (χ0v) is 12.4. The largest absolute Gasteiger partial charge is 0.331 e. The third-order valence-corrected chi connectivity index (χ3v) is 4.92. The monoisotopic (exact) mass is 307 g/mol. The lowest BCUT2D eigenvalue weighted by Gasteiger charge is -2.35. The van der Waals surface area contributed by atoms with Crippen molar-refractivity contribution < 1.29 is 13.6 Å². The van der Waals surface area contributed by atoms with E-state index in [0.29, 0.717) is 6.54 Å². The number of halogens is 2. The topological polar surface area (TPSA) is 20.3 Å². The average Bonchev–Trinajstić information content (AvgIpc) is 2.96. The van der Waals surface area contributed by atoms with Gasteiger partial charge in [0.1, 0.15) is 0 Å². The van der Waals surface area contributed by atoms with E-state index >= 15 is 0 Å². The van der Waals surface area contributed by atoms with Gasteiger partial charge in [-0.25, -0.2) is 8.78 Å². The number of fused-ring (bicyclic) bond motifs is 1. The number of amides is 1. The summed E-state index contributed by atoms with van der Waals surface area (Å²) in [5, 5.41) is 2.02. The SMILES string of the molecule is CCC1c2ccsc2CCN1C(=O)c1cccc(F)c1F. The molecule has 0 N–H and O–H groups in total. The molecule has 110 valence electrons. The summed E-state index contributed by atoms with van der Waals surface area (Å²) in [5.41, 5.74) is 0.950. The number of benzene rings is 1. The van der Waals surface area contributed by atoms with Crippen molar-refractivity contribution in [2.45, 2.75) is 25.8 Å². The Morgan fingerprint density at radius 1 is 1.38 bits per heavy atom. The maximum atomic E-state index is 13.9. The zero-order chi connectivity index (χ0) is 15.0. The van der Waals surface area contributed by atoms with Gasteiger partial charge in [0, 0.05) is 11.4 Å². The molecule has 5 heteroatoms. The van der Waals surface area contributed by atoms with Gasteiger partial charge in [0.05, 0.1) is 11.6 Å². The number of nitrogens with zero attached hydrogens (tertiary/aromatic N) is 1. The molecule has 1 aliphatic rings. The molecule has 1 unspecified atom stereocenters. The molecule has 0 saturated heterocycles. The quantitative estimate of drug-likeness (QED) is 0.815. The van der Waals surface area contributed by atoms with Crippen LogP contribution in [0.15, 0.2) is 29.6 Å². The van der Waals surface area contributed by atoms with Crippen molar-refractivity contribution >= 4 is 17.2 Å². The Morgan fingerprint density at radius 3 is 2.95 bits per heavy atom. The Hall–Kier alpha value is -1.75. The minimum absolute atomic E-state index is 0.0600. The van der Waals surface area contributed by atoms with Crippen molar-refractivity contribution in [2.75, 3.05) is 6.54 Å². The van der Waals surface area contributed by atoms with Crippen molar-refractivity contribution in [3.63, 3.8) is 0 Å². The van der Waals surface area contributed by atoms with Gasteiger partial charge in [0.15, 0.2) is 11.6 Å². The van der Waals surface area contributed by atoms with Crippen LogP contribution in [-0.4, -0.2) is 17.4 Å². The van der Waals surface area contributed by atoms with Gasteiger partial charge in [-0.1, -0.05) is 13.0 Å². The normalized spacial score (nSPS) is 17.7. The van der Waals surface area contributed by atoms with E-state index in [9.17, 15) is 13.6 Å². The summed E-state index contributed by atoms with van der Waals surface area (Å²) < 4.78 is 27.2. The third kappa shape index (κ3) is 2.35.